The van der Waals surface area contributed by atoms with E-state index in [0.29, 0.717) is 48.1 Å². The van der Waals surface area contributed by atoms with Gasteiger partial charge in [0.25, 0.3) is 0 Å². The summed E-state index contributed by atoms with van der Waals surface area (Å²) in [5, 5.41) is 9.95. The van der Waals surface area contributed by atoms with Gasteiger partial charge in [-0.3, -0.25) is 25.4 Å². The van der Waals surface area contributed by atoms with Crippen molar-refractivity contribution in [3.05, 3.63) is 36.0 Å². The minimum absolute atomic E-state index is 0.172. The second-order valence-electron chi connectivity index (χ2n) is 13.2. The van der Waals surface area contributed by atoms with Gasteiger partial charge in [-0.1, -0.05) is 0 Å². The van der Waals surface area contributed by atoms with Crippen LogP contribution >= 0.6 is 0 Å². The summed E-state index contributed by atoms with van der Waals surface area (Å²) in [5.74, 6) is -1.74. The lowest BCUT2D eigenvalue weighted by molar-refractivity contribution is -0.191. The Kier molecular flexibility index (Phi) is 5.98. The zero-order valence-corrected chi connectivity index (χ0v) is 23.5. The van der Waals surface area contributed by atoms with E-state index in [2.05, 4.69) is 15.8 Å². The summed E-state index contributed by atoms with van der Waals surface area (Å²) in [6.45, 7) is 5.69. The van der Waals surface area contributed by atoms with E-state index in [1.54, 1.807) is 43.9 Å². The standard InChI is InChI=1S/C29H31F3N6O4/c1-25(2,3)42-24(41)38-13-26(14-38)9-18(10-26)22(39)35-36-23(40)27-12-28(27,29(30,31)32)16-37(15-27)20-7-6-17(11-33)21-19(20)5-4-8-34-21/h4-8,18H,9-10,12-16H2,1-3H3,(H,35,39)(H,36,40)/t27-,28-/m0/s1. The molecule has 1 aromatic heterocycles. The first-order valence-electron chi connectivity index (χ1n) is 13.8. The number of rotatable bonds is 3. The first-order chi connectivity index (χ1) is 19.6. The zero-order valence-electron chi connectivity index (χ0n) is 23.5. The van der Waals surface area contributed by atoms with Crippen LogP contribution in [0.4, 0.5) is 23.7 Å². The first kappa shape index (κ1) is 28.1. The van der Waals surface area contributed by atoms with E-state index in [1.807, 2.05) is 6.07 Å². The molecule has 4 fully saturated rings. The van der Waals surface area contributed by atoms with Crippen molar-refractivity contribution >= 4 is 34.5 Å². The fourth-order valence-corrected chi connectivity index (χ4v) is 7.11. The number of nitrogens with one attached hydrogen (secondary N) is 2. The van der Waals surface area contributed by atoms with E-state index in [0.717, 1.165) is 0 Å². The van der Waals surface area contributed by atoms with Crippen LogP contribution in [0.1, 0.15) is 45.6 Å². The summed E-state index contributed by atoms with van der Waals surface area (Å²) in [4.78, 5) is 45.6. The van der Waals surface area contributed by atoms with Gasteiger partial charge in [0.2, 0.25) is 11.8 Å². The topological polar surface area (TPSA) is 128 Å². The van der Waals surface area contributed by atoms with Crippen LogP contribution in [0.25, 0.3) is 10.9 Å². The van der Waals surface area contributed by atoms with Gasteiger partial charge in [0.05, 0.1) is 16.5 Å². The first-order valence-corrected chi connectivity index (χ1v) is 13.8. The minimum atomic E-state index is -4.64. The van der Waals surface area contributed by atoms with Crippen LogP contribution in [-0.2, 0) is 14.3 Å². The number of carbonyl (C=O) groups is 3. The summed E-state index contributed by atoms with van der Waals surface area (Å²) >= 11 is 0. The van der Waals surface area contributed by atoms with Gasteiger partial charge in [-0.2, -0.15) is 18.4 Å². The molecule has 0 unspecified atom stereocenters. The highest BCUT2D eigenvalue weighted by molar-refractivity contribution is 5.97. The molecule has 3 amide bonds. The van der Waals surface area contributed by atoms with Crippen LogP contribution in [0.3, 0.4) is 0 Å². The third kappa shape index (κ3) is 4.22. The minimum Gasteiger partial charge on any atom is -0.444 e. The number of pyridine rings is 1. The zero-order chi connectivity index (χ0) is 30.3. The summed E-state index contributed by atoms with van der Waals surface area (Å²) in [6, 6.07) is 8.48. The molecule has 6 rings (SSSR count). The number of alkyl halides is 3. The van der Waals surface area contributed by atoms with Crippen molar-refractivity contribution in [3.63, 3.8) is 0 Å². The van der Waals surface area contributed by atoms with Gasteiger partial charge in [0.1, 0.15) is 17.1 Å². The van der Waals surface area contributed by atoms with Crippen LogP contribution in [-0.4, -0.2) is 65.7 Å². The van der Waals surface area contributed by atoms with Gasteiger partial charge < -0.3 is 14.5 Å². The quantitative estimate of drug-likeness (QED) is 0.527. The average Bonchev–Trinajstić information content (AvgIpc) is 3.41. The maximum absolute atomic E-state index is 14.4. The fraction of sp³-hybridized carbons (Fsp3) is 0.552. The highest BCUT2D eigenvalue weighted by Crippen LogP contribution is 2.75. The van der Waals surface area contributed by atoms with Crippen molar-refractivity contribution in [3.8, 4) is 6.07 Å². The summed E-state index contributed by atoms with van der Waals surface area (Å²) in [5.41, 5.74) is 1.00. The number of nitriles is 1. The number of hydrogen-bond acceptors (Lipinski definition) is 7. The number of piperidine rings is 1. The molecule has 42 heavy (non-hydrogen) atoms. The molecule has 1 aromatic carbocycles. The molecule has 0 bridgehead atoms. The second kappa shape index (κ2) is 8.96. The average molecular weight is 585 g/mol. The molecule has 13 heteroatoms. The molecular formula is C29H31F3N6O4. The van der Waals surface area contributed by atoms with Crippen LogP contribution in [0.2, 0.25) is 0 Å². The molecule has 2 aromatic rings. The number of carbonyl (C=O) groups excluding carboxylic acids is 3. The summed E-state index contributed by atoms with van der Waals surface area (Å²) < 4.78 is 48.6. The van der Waals surface area contributed by atoms with E-state index in [1.165, 1.54) is 17.2 Å². The lowest BCUT2D eigenvalue weighted by Crippen LogP contribution is -2.66. The van der Waals surface area contributed by atoms with Crippen LogP contribution in [0.5, 0.6) is 0 Å². The Hall–Kier alpha value is -4.08. The number of likely N-dealkylation sites (tertiary alicyclic amines) is 1. The number of amides is 3. The highest BCUT2D eigenvalue weighted by atomic mass is 19.4. The van der Waals surface area contributed by atoms with Crippen molar-refractivity contribution < 1.29 is 32.3 Å². The third-order valence-electron chi connectivity index (χ3n) is 9.23. The molecule has 2 N–H and O–H groups in total. The lowest BCUT2D eigenvalue weighted by atomic mass is 9.57. The Morgan fingerprint density at radius 3 is 2.43 bits per heavy atom. The molecule has 10 nitrogen and oxygen atoms in total. The normalized spacial score (nSPS) is 26.1. The molecule has 222 valence electrons. The molecule has 2 aliphatic carbocycles. The van der Waals surface area contributed by atoms with E-state index >= 15 is 0 Å². The summed E-state index contributed by atoms with van der Waals surface area (Å²) in [6.07, 6.45) is -2.88. The molecular weight excluding hydrogens is 553 g/mol. The SMILES string of the molecule is CC(C)(C)OC(=O)N1CC2(CC(C(=O)NNC(=O)[C@]34CN(c5ccc(C#N)c6ncccc56)C[C@@]3(C(F)(F)F)C4)C2)C1. The van der Waals surface area contributed by atoms with Gasteiger partial charge in [-0.05, 0) is 64.3 Å². The van der Waals surface area contributed by atoms with E-state index in [4.69, 9.17) is 4.74 Å². The van der Waals surface area contributed by atoms with E-state index in [-0.39, 0.29) is 18.4 Å². The molecule has 1 spiro atoms. The number of benzene rings is 1. The number of halogens is 3. The van der Waals surface area contributed by atoms with Crippen LogP contribution in [0.15, 0.2) is 30.5 Å². The Balaban J connectivity index is 1.09. The molecule has 2 saturated heterocycles. The maximum atomic E-state index is 14.4. The largest absolute Gasteiger partial charge is 0.444 e. The monoisotopic (exact) mass is 584 g/mol. The van der Waals surface area contributed by atoms with E-state index < -0.39 is 53.0 Å². The molecule has 2 atom stereocenters. The number of anilines is 1. The van der Waals surface area contributed by atoms with Gasteiger partial charge in [0, 0.05) is 54.8 Å². The number of ether oxygens (including phenoxy) is 1. The number of fused-ring (bicyclic) bond motifs is 2. The van der Waals surface area contributed by atoms with Crippen molar-refractivity contribution in [1.29, 1.82) is 5.26 Å². The van der Waals surface area contributed by atoms with Crippen molar-refractivity contribution in [2.75, 3.05) is 31.1 Å². The Morgan fingerprint density at radius 2 is 1.79 bits per heavy atom. The van der Waals surface area contributed by atoms with Gasteiger partial charge in [-0.25, -0.2) is 4.79 Å². The lowest BCUT2D eigenvalue weighted by Gasteiger charge is -2.58. The second-order valence-corrected chi connectivity index (χ2v) is 13.2. The highest BCUT2D eigenvalue weighted by Gasteiger charge is 2.86. The van der Waals surface area contributed by atoms with E-state index in [9.17, 15) is 32.8 Å². The molecule has 3 heterocycles. The maximum Gasteiger partial charge on any atom is 0.410 e. The van der Waals surface area contributed by atoms with Crippen molar-refractivity contribution in [1.82, 2.24) is 20.7 Å². The molecule has 0 radical (unpaired) electrons. The molecule has 2 saturated carbocycles. The number of hydrogen-bond donors (Lipinski definition) is 2. The Labute approximate surface area is 240 Å². The number of hydrazine groups is 1. The number of nitrogens with zero attached hydrogens (tertiary/aromatic N) is 4. The Morgan fingerprint density at radius 1 is 1.07 bits per heavy atom. The Bertz CT molecular complexity index is 1530. The van der Waals surface area contributed by atoms with Gasteiger partial charge >= 0.3 is 12.3 Å². The predicted octanol–water partition coefficient (Wildman–Crippen LogP) is 3.66. The van der Waals surface area contributed by atoms with Gasteiger partial charge in [-0.15, -0.1) is 0 Å². The molecule has 2 aliphatic heterocycles. The van der Waals surface area contributed by atoms with Gasteiger partial charge in [0.15, 0.2) is 0 Å². The third-order valence-corrected chi connectivity index (χ3v) is 9.23. The van der Waals surface area contributed by atoms with Crippen LogP contribution in [0, 0.1) is 33.5 Å². The predicted molar refractivity (Wildman–Crippen MR) is 143 cm³/mol. The van der Waals surface area contributed by atoms with Crippen LogP contribution < -0.4 is 15.8 Å². The number of aromatic nitrogens is 1. The fourth-order valence-electron chi connectivity index (χ4n) is 7.11. The van der Waals surface area contributed by atoms with Crippen molar-refractivity contribution in [2.45, 2.75) is 51.8 Å². The van der Waals surface area contributed by atoms with Crippen molar-refractivity contribution in [2.24, 2.45) is 22.2 Å². The smallest absolute Gasteiger partial charge is 0.410 e. The molecule has 4 aliphatic rings. The summed E-state index contributed by atoms with van der Waals surface area (Å²) in [7, 11) is 0.